The van der Waals surface area contributed by atoms with Gasteiger partial charge in [-0.2, -0.15) is 5.10 Å². The zero-order valence-electron chi connectivity index (χ0n) is 21.1. The number of morpholine rings is 1. The topological polar surface area (TPSA) is 138 Å². The quantitative estimate of drug-likeness (QED) is 0.299. The van der Waals surface area contributed by atoms with Crippen LogP contribution < -0.4 is 5.32 Å². The highest BCUT2D eigenvalue weighted by Gasteiger charge is 2.19. The Kier molecular flexibility index (Phi) is 5.86. The van der Waals surface area contributed by atoms with Gasteiger partial charge in [-0.15, -0.1) is 0 Å². The molecule has 1 aromatic carbocycles. The zero-order valence-corrected chi connectivity index (χ0v) is 21.1. The van der Waals surface area contributed by atoms with Gasteiger partial charge in [-0.05, 0) is 29.8 Å². The van der Waals surface area contributed by atoms with Crippen LogP contribution in [-0.2, 0) is 4.74 Å². The highest BCUT2D eigenvalue weighted by molar-refractivity contribution is 5.97. The lowest BCUT2D eigenvalue weighted by atomic mass is 10.1. The van der Waals surface area contributed by atoms with Gasteiger partial charge >= 0.3 is 6.03 Å². The van der Waals surface area contributed by atoms with Crippen molar-refractivity contribution in [1.29, 1.82) is 0 Å². The molecule has 40 heavy (non-hydrogen) atoms. The standard InChI is InChI=1S/C28H22FN9O2/c29-19-3-1-2-16(8-19)22-14-31-15-23-24(22)35-27(34-23)25-21-10-18(12-32-26(21)37-36-25)17-9-20(13-30-11-17)33-28(39)38-4-6-40-7-5-38/h1-3,8-15H,4-7H2,(H,33,39)(H,34,35)(H,32,36,37). The second kappa shape index (κ2) is 9.82. The van der Waals surface area contributed by atoms with E-state index in [2.05, 4.69) is 35.5 Å². The predicted molar refractivity (Wildman–Crippen MR) is 147 cm³/mol. The van der Waals surface area contributed by atoms with E-state index in [1.807, 2.05) is 18.2 Å². The van der Waals surface area contributed by atoms with E-state index >= 15 is 0 Å². The molecule has 0 saturated carbocycles. The van der Waals surface area contributed by atoms with Crippen LogP contribution in [0.15, 0.2) is 67.4 Å². The van der Waals surface area contributed by atoms with Gasteiger partial charge in [-0.25, -0.2) is 19.2 Å². The maximum atomic E-state index is 13.9. The van der Waals surface area contributed by atoms with Crippen LogP contribution in [0, 0.1) is 5.82 Å². The molecule has 1 fully saturated rings. The van der Waals surface area contributed by atoms with Gasteiger partial charge in [0.2, 0.25) is 0 Å². The van der Waals surface area contributed by atoms with Crippen LogP contribution >= 0.6 is 0 Å². The lowest BCUT2D eigenvalue weighted by Gasteiger charge is -2.26. The molecule has 11 nitrogen and oxygen atoms in total. The molecule has 6 heterocycles. The highest BCUT2D eigenvalue weighted by Crippen LogP contribution is 2.32. The fourth-order valence-corrected chi connectivity index (χ4v) is 4.79. The van der Waals surface area contributed by atoms with E-state index in [1.165, 1.54) is 12.1 Å². The van der Waals surface area contributed by atoms with Crippen molar-refractivity contribution in [1.82, 2.24) is 40.0 Å². The van der Waals surface area contributed by atoms with Gasteiger partial charge in [-0.3, -0.25) is 15.1 Å². The number of nitrogens with zero attached hydrogens (tertiary/aromatic N) is 6. The molecular weight excluding hydrogens is 513 g/mol. The number of urea groups is 1. The smallest absolute Gasteiger partial charge is 0.322 e. The minimum absolute atomic E-state index is 0.190. The number of amides is 2. The van der Waals surface area contributed by atoms with Crippen molar-refractivity contribution in [3.63, 3.8) is 0 Å². The van der Waals surface area contributed by atoms with Crippen LogP contribution in [0.25, 0.3) is 55.8 Å². The predicted octanol–water partition coefficient (Wildman–Crippen LogP) is 4.63. The summed E-state index contributed by atoms with van der Waals surface area (Å²) >= 11 is 0. The number of anilines is 1. The maximum Gasteiger partial charge on any atom is 0.322 e. The second-order valence-electron chi connectivity index (χ2n) is 9.36. The van der Waals surface area contributed by atoms with Gasteiger partial charge < -0.3 is 19.9 Å². The van der Waals surface area contributed by atoms with Gasteiger partial charge in [-0.1, -0.05) is 12.1 Å². The number of carbonyl (C=O) groups excluding carboxylic acids is 1. The Morgan fingerprint density at radius 3 is 2.70 bits per heavy atom. The third-order valence-electron chi connectivity index (χ3n) is 6.80. The van der Waals surface area contributed by atoms with Crippen molar-refractivity contribution in [2.75, 3.05) is 31.6 Å². The molecule has 7 rings (SSSR count). The van der Waals surface area contributed by atoms with Crippen LogP contribution in [0.3, 0.4) is 0 Å². The number of hydrogen-bond acceptors (Lipinski definition) is 7. The number of aromatic nitrogens is 7. The summed E-state index contributed by atoms with van der Waals surface area (Å²) in [5.41, 5.74) is 6.09. The normalized spacial score (nSPS) is 13.7. The molecule has 12 heteroatoms. The summed E-state index contributed by atoms with van der Waals surface area (Å²) in [5.74, 6) is 0.217. The number of carbonyl (C=O) groups is 1. The summed E-state index contributed by atoms with van der Waals surface area (Å²) in [4.78, 5) is 35.6. The summed E-state index contributed by atoms with van der Waals surface area (Å²) in [6, 6.07) is 9.95. The summed E-state index contributed by atoms with van der Waals surface area (Å²) in [5, 5.41) is 11.1. The molecule has 198 valence electrons. The highest BCUT2D eigenvalue weighted by atomic mass is 19.1. The summed E-state index contributed by atoms with van der Waals surface area (Å²) in [6.07, 6.45) is 8.38. The monoisotopic (exact) mass is 535 g/mol. The molecule has 0 bridgehead atoms. The van der Waals surface area contributed by atoms with Crippen molar-refractivity contribution in [2.24, 2.45) is 0 Å². The largest absolute Gasteiger partial charge is 0.378 e. The van der Waals surface area contributed by atoms with Crippen LogP contribution in [0.1, 0.15) is 0 Å². The average molecular weight is 536 g/mol. The van der Waals surface area contributed by atoms with E-state index in [0.717, 1.165) is 16.5 Å². The number of ether oxygens (including phenoxy) is 1. The van der Waals surface area contributed by atoms with Crippen molar-refractivity contribution in [3.8, 4) is 33.8 Å². The number of hydrogen-bond donors (Lipinski definition) is 3. The molecule has 1 aliphatic rings. The van der Waals surface area contributed by atoms with Gasteiger partial charge in [0.25, 0.3) is 0 Å². The molecule has 6 aromatic rings. The first-order valence-corrected chi connectivity index (χ1v) is 12.7. The Hall–Kier alpha value is -5.23. The lowest BCUT2D eigenvalue weighted by Crippen LogP contribution is -2.43. The fourth-order valence-electron chi connectivity index (χ4n) is 4.79. The first-order valence-electron chi connectivity index (χ1n) is 12.7. The van der Waals surface area contributed by atoms with Gasteiger partial charge in [0.1, 0.15) is 11.5 Å². The van der Waals surface area contributed by atoms with Crippen LogP contribution in [0.5, 0.6) is 0 Å². The number of halogens is 1. The van der Waals surface area contributed by atoms with E-state index in [1.54, 1.807) is 42.0 Å². The van der Waals surface area contributed by atoms with Crippen molar-refractivity contribution in [2.45, 2.75) is 0 Å². The van der Waals surface area contributed by atoms with E-state index < -0.39 is 0 Å². The summed E-state index contributed by atoms with van der Waals surface area (Å²) in [7, 11) is 0. The van der Waals surface area contributed by atoms with Crippen LogP contribution in [0.2, 0.25) is 0 Å². The Bertz CT molecular complexity index is 1880. The molecular formula is C28H22FN9O2. The molecule has 0 atom stereocenters. The van der Waals surface area contributed by atoms with E-state index in [-0.39, 0.29) is 11.8 Å². The van der Waals surface area contributed by atoms with Crippen molar-refractivity contribution in [3.05, 3.63) is 73.2 Å². The minimum atomic E-state index is -0.331. The number of nitrogens with one attached hydrogen (secondary N) is 3. The number of H-pyrrole nitrogens is 2. The summed E-state index contributed by atoms with van der Waals surface area (Å²) in [6.45, 7) is 2.14. The second-order valence-corrected chi connectivity index (χ2v) is 9.36. The van der Waals surface area contributed by atoms with Gasteiger partial charge in [0, 0.05) is 48.4 Å². The third kappa shape index (κ3) is 4.39. The Balaban J connectivity index is 1.23. The van der Waals surface area contributed by atoms with E-state index in [9.17, 15) is 9.18 Å². The number of fused-ring (bicyclic) bond motifs is 2. The van der Waals surface area contributed by atoms with Crippen LogP contribution in [0.4, 0.5) is 14.9 Å². The number of rotatable bonds is 4. The van der Waals surface area contributed by atoms with Crippen molar-refractivity contribution < 1.29 is 13.9 Å². The molecule has 1 saturated heterocycles. The lowest BCUT2D eigenvalue weighted by molar-refractivity contribution is 0.0564. The molecule has 3 N–H and O–H groups in total. The molecule has 0 aliphatic carbocycles. The average Bonchev–Trinajstić information content (AvgIpc) is 3.61. The number of imidazole rings is 1. The molecule has 2 amide bonds. The first kappa shape index (κ1) is 23.9. The fraction of sp³-hybridized carbons (Fsp3) is 0.143. The van der Waals surface area contributed by atoms with E-state index in [4.69, 9.17) is 9.72 Å². The zero-order chi connectivity index (χ0) is 27.1. The molecule has 0 unspecified atom stereocenters. The molecule has 1 aliphatic heterocycles. The molecule has 0 radical (unpaired) electrons. The Morgan fingerprint density at radius 2 is 1.82 bits per heavy atom. The van der Waals surface area contributed by atoms with Crippen LogP contribution in [-0.4, -0.2) is 72.4 Å². The maximum absolute atomic E-state index is 13.9. The first-order chi connectivity index (χ1) is 19.6. The molecule has 5 aromatic heterocycles. The van der Waals surface area contributed by atoms with E-state index in [0.29, 0.717) is 71.3 Å². The minimum Gasteiger partial charge on any atom is -0.378 e. The molecule has 0 spiro atoms. The number of aromatic amines is 2. The number of pyridine rings is 3. The SMILES string of the molecule is O=C(Nc1cncc(-c2cnc3n[nH]c(-c4nc5c(-c6cccc(F)c6)cncc5[nH]4)c3c2)c1)N1CCOCC1. The third-order valence-corrected chi connectivity index (χ3v) is 6.80. The number of benzene rings is 1. The van der Waals surface area contributed by atoms with Gasteiger partial charge in [0.15, 0.2) is 11.5 Å². The Morgan fingerprint density at radius 1 is 0.975 bits per heavy atom. The Labute approximate surface area is 226 Å². The van der Waals surface area contributed by atoms with Gasteiger partial charge in [0.05, 0.1) is 47.7 Å². The summed E-state index contributed by atoms with van der Waals surface area (Å²) < 4.78 is 19.2. The van der Waals surface area contributed by atoms with Crippen molar-refractivity contribution >= 4 is 33.8 Å².